The number of hydrogen-bond acceptors (Lipinski definition) is 3. The SMILES string of the molecule is CC(C)c1nn(C)c(NC2CCCCCC2)c1N. The summed E-state index contributed by atoms with van der Waals surface area (Å²) in [7, 11) is 1.97. The summed E-state index contributed by atoms with van der Waals surface area (Å²) in [5.41, 5.74) is 8.05. The number of hydrogen-bond donors (Lipinski definition) is 2. The van der Waals surface area contributed by atoms with Crippen molar-refractivity contribution in [1.82, 2.24) is 9.78 Å². The molecule has 102 valence electrons. The highest BCUT2D eigenvalue weighted by molar-refractivity contribution is 5.66. The molecule has 1 aliphatic rings. The number of aromatic nitrogens is 2. The van der Waals surface area contributed by atoms with Gasteiger partial charge in [0.15, 0.2) is 0 Å². The highest BCUT2D eigenvalue weighted by atomic mass is 15.3. The maximum absolute atomic E-state index is 6.22. The molecule has 0 saturated heterocycles. The minimum atomic E-state index is 0.376. The quantitative estimate of drug-likeness (QED) is 0.810. The second-order valence-electron chi connectivity index (χ2n) is 5.76. The van der Waals surface area contributed by atoms with E-state index in [9.17, 15) is 0 Å². The minimum Gasteiger partial charge on any atom is -0.394 e. The van der Waals surface area contributed by atoms with Crippen LogP contribution in [0.2, 0.25) is 0 Å². The first-order valence-electron chi connectivity index (χ1n) is 7.18. The molecule has 2 rings (SSSR count). The van der Waals surface area contributed by atoms with Gasteiger partial charge in [-0.2, -0.15) is 5.10 Å². The molecule has 0 aliphatic heterocycles. The van der Waals surface area contributed by atoms with Crippen molar-refractivity contribution in [3.63, 3.8) is 0 Å². The van der Waals surface area contributed by atoms with Crippen LogP contribution >= 0.6 is 0 Å². The third-order valence-corrected chi connectivity index (χ3v) is 3.86. The van der Waals surface area contributed by atoms with Gasteiger partial charge in [0.05, 0.1) is 11.4 Å². The normalized spacial score (nSPS) is 18.0. The van der Waals surface area contributed by atoms with E-state index in [2.05, 4.69) is 24.3 Å². The lowest BCUT2D eigenvalue weighted by molar-refractivity contribution is 0.608. The van der Waals surface area contributed by atoms with E-state index in [0.29, 0.717) is 12.0 Å². The standard InChI is InChI=1S/C14H26N4/c1-10(2)13-12(15)14(18(3)17-13)16-11-8-6-4-5-7-9-11/h10-11,16H,4-9,15H2,1-3H3. The van der Waals surface area contributed by atoms with E-state index in [0.717, 1.165) is 17.2 Å². The van der Waals surface area contributed by atoms with Gasteiger partial charge in [-0.1, -0.05) is 39.5 Å². The lowest BCUT2D eigenvalue weighted by Crippen LogP contribution is -2.20. The van der Waals surface area contributed by atoms with Gasteiger partial charge < -0.3 is 11.1 Å². The molecule has 3 N–H and O–H groups in total. The molecule has 1 fully saturated rings. The summed E-state index contributed by atoms with van der Waals surface area (Å²) in [6, 6.07) is 0.560. The maximum atomic E-state index is 6.22. The predicted octanol–water partition coefficient (Wildman–Crippen LogP) is 3.26. The molecule has 0 atom stereocenters. The molecule has 1 saturated carbocycles. The summed E-state index contributed by atoms with van der Waals surface area (Å²) < 4.78 is 1.90. The van der Waals surface area contributed by atoms with Crippen molar-refractivity contribution >= 4 is 11.5 Å². The van der Waals surface area contributed by atoms with Gasteiger partial charge in [0.25, 0.3) is 0 Å². The molecule has 1 aromatic rings. The largest absolute Gasteiger partial charge is 0.394 e. The Labute approximate surface area is 110 Å². The molecule has 4 heteroatoms. The van der Waals surface area contributed by atoms with E-state index in [1.807, 2.05) is 11.7 Å². The molecule has 1 aliphatic carbocycles. The Morgan fingerprint density at radius 1 is 1.22 bits per heavy atom. The summed E-state index contributed by atoms with van der Waals surface area (Å²) >= 11 is 0. The van der Waals surface area contributed by atoms with Crippen LogP contribution in [0.3, 0.4) is 0 Å². The zero-order chi connectivity index (χ0) is 13.1. The molecular formula is C14H26N4. The molecule has 18 heavy (non-hydrogen) atoms. The van der Waals surface area contributed by atoms with Crippen LogP contribution in [-0.2, 0) is 7.05 Å². The van der Waals surface area contributed by atoms with E-state index in [1.54, 1.807) is 0 Å². The summed E-state index contributed by atoms with van der Waals surface area (Å²) in [6.07, 6.45) is 7.90. The number of anilines is 2. The van der Waals surface area contributed by atoms with Crippen molar-refractivity contribution in [2.24, 2.45) is 7.05 Å². The van der Waals surface area contributed by atoms with Gasteiger partial charge in [-0.25, -0.2) is 0 Å². The van der Waals surface area contributed by atoms with Crippen molar-refractivity contribution in [3.05, 3.63) is 5.69 Å². The molecule has 0 radical (unpaired) electrons. The fourth-order valence-electron chi connectivity index (χ4n) is 2.78. The highest BCUT2D eigenvalue weighted by Gasteiger charge is 2.19. The molecule has 0 aromatic carbocycles. The van der Waals surface area contributed by atoms with Crippen molar-refractivity contribution in [2.45, 2.75) is 64.3 Å². The van der Waals surface area contributed by atoms with Gasteiger partial charge in [-0.3, -0.25) is 4.68 Å². The Balaban J connectivity index is 2.12. The minimum absolute atomic E-state index is 0.376. The summed E-state index contributed by atoms with van der Waals surface area (Å²) in [5, 5.41) is 8.14. The Morgan fingerprint density at radius 2 is 1.83 bits per heavy atom. The summed E-state index contributed by atoms with van der Waals surface area (Å²) in [5.74, 6) is 1.38. The molecule has 1 aromatic heterocycles. The third kappa shape index (κ3) is 2.79. The third-order valence-electron chi connectivity index (χ3n) is 3.86. The van der Waals surface area contributed by atoms with E-state index in [1.165, 1.54) is 38.5 Å². The van der Waals surface area contributed by atoms with Crippen LogP contribution < -0.4 is 11.1 Å². The molecule has 0 spiro atoms. The van der Waals surface area contributed by atoms with Gasteiger partial charge in [0, 0.05) is 13.1 Å². The van der Waals surface area contributed by atoms with Crippen molar-refractivity contribution in [3.8, 4) is 0 Å². The van der Waals surface area contributed by atoms with Gasteiger partial charge >= 0.3 is 0 Å². The zero-order valence-electron chi connectivity index (χ0n) is 11.9. The topological polar surface area (TPSA) is 55.9 Å². The van der Waals surface area contributed by atoms with Crippen LogP contribution in [0.1, 0.15) is 64.0 Å². The molecule has 0 bridgehead atoms. The van der Waals surface area contributed by atoms with Gasteiger partial charge in [0.2, 0.25) is 0 Å². The number of rotatable bonds is 3. The fourth-order valence-corrected chi connectivity index (χ4v) is 2.78. The fraction of sp³-hybridized carbons (Fsp3) is 0.786. The van der Waals surface area contributed by atoms with E-state index in [4.69, 9.17) is 5.73 Å². The Bertz CT molecular complexity index is 387. The molecule has 0 amide bonds. The first kappa shape index (κ1) is 13.2. The second kappa shape index (κ2) is 5.63. The lowest BCUT2D eigenvalue weighted by atomic mass is 10.1. The maximum Gasteiger partial charge on any atom is 0.148 e. The number of nitrogens with two attached hydrogens (primary N) is 1. The van der Waals surface area contributed by atoms with Gasteiger partial charge in [-0.15, -0.1) is 0 Å². The number of nitrogens with one attached hydrogen (secondary N) is 1. The second-order valence-corrected chi connectivity index (χ2v) is 5.76. The van der Waals surface area contributed by atoms with Crippen LogP contribution in [0.5, 0.6) is 0 Å². The Hall–Kier alpha value is -1.19. The lowest BCUT2D eigenvalue weighted by Gasteiger charge is -2.18. The molecular weight excluding hydrogens is 224 g/mol. The number of nitrogen functional groups attached to an aromatic ring is 1. The molecule has 4 nitrogen and oxygen atoms in total. The van der Waals surface area contributed by atoms with Crippen LogP contribution in [0.15, 0.2) is 0 Å². The first-order valence-corrected chi connectivity index (χ1v) is 7.18. The van der Waals surface area contributed by atoms with Gasteiger partial charge in [-0.05, 0) is 18.8 Å². The number of nitrogens with zero attached hydrogens (tertiary/aromatic N) is 2. The van der Waals surface area contributed by atoms with Crippen LogP contribution in [-0.4, -0.2) is 15.8 Å². The average Bonchev–Trinajstić information content (AvgIpc) is 2.55. The molecule has 1 heterocycles. The monoisotopic (exact) mass is 250 g/mol. The van der Waals surface area contributed by atoms with Gasteiger partial charge in [0.1, 0.15) is 5.82 Å². The summed E-state index contributed by atoms with van der Waals surface area (Å²) in [6.45, 7) is 4.27. The molecule has 0 unspecified atom stereocenters. The number of aryl methyl sites for hydroxylation is 1. The average molecular weight is 250 g/mol. The highest BCUT2D eigenvalue weighted by Crippen LogP contribution is 2.30. The van der Waals surface area contributed by atoms with Crippen LogP contribution in [0.25, 0.3) is 0 Å². The zero-order valence-corrected chi connectivity index (χ0v) is 11.9. The predicted molar refractivity (Wildman–Crippen MR) is 76.8 cm³/mol. The van der Waals surface area contributed by atoms with Crippen molar-refractivity contribution in [1.29, 1.82) is 0 Å². The first-order chi connectivity index (χ1) is 8.59. The van der Waals surface area contributed by atoms with Crippen LogP contribution in [0, 0.1) is 0 Å². The van der Waals surface area contributed by atoms with Crippen molar-refractivity contribution < 1.29 is 0 Å². The smallest absolute Gasteiger partial charge is 0.148 e. The van der Waals surface area contributed by atoms with Crippen molar-refractivity contribution in [2.75, 3.05) is 11.1 Å². The Kier molecular flexibility index (Phi) is 4.15. The van der Waals surface area contributed by atoms with E-state index >= 15 is 0 Å². The van der Waals surface area contributed by atoms with E-state index < -0.39 is 0 Å². The summed E-state index contributed by atoms with van der Waals surface area (Å²) in [4.78, 5) is 0. The Morgan fingerprint density at radius 3 is 2.33 bits per heavy atom. The van der Waals surface area contributed by atoms with E-state index in [-0.39, 0.29) is 0 Å². The van der Waals surface area contributed by atoms with Crippen LogP contribution in [0.4, 0.5) is 11.5 Å².